The molecule has 0 aliphatic heterocycles. The molecule has 0 radical (unpaired) electrons. The number of benzene rings is 1. The van der Waals surface area contributed by atoms with Gasteiger partial charge in [0, 0.05) is 17.8 Å². The molecule has 7 nitrogen and oxygen atoms in total. The van der Waals surface area contributed by atoms with Crippen molar-refractivity contribution in [2.75, 3.05) is 6.61 Å². The van der Waals surface area contributed by atoms with Gasteiger partial charge in [0.1, 0.15) is 17.7 Å². The number of fused-ring (bicyclic) bond motifs is 1. The highest BCUT2D eigenvalue weighted by molar-refractivity contribution is 5.91. The van der Waals surface area contributed by atoms with Gasteiger partial charge < -0.3 is 4.74 Å². The van der Waals surface area contributed by atoms with Crippen molar-refractivity contribution in [1.29, 1.82) is 10.5 Å². The molecular weight excluding hydrogens is 342 g/mol. The summed E-state index contributed by atoms with van der Waals surface area (Å²) in [5.41, 5.74) is 3.11. The van der Waals surface area contributed by atoms with E-state index in [1.807, 2.05) is 32.0 Å². The first-order chi connectivity index (χ1) is 13.0. The van der Waals surface area contributed by atoms with Crippen LogP contribution in [0, 0.1) is 29.6 Å². The summed E-state index contributed by atoms with van der Waals surface area (Å²) < 4.78 is 6.60. The Morgan fingerprint density at radius 1 is 1.26 bits per heavy atom. The minimum atomic E-state index is -0.560. The van der Waals surface area contributed by atoms with Crippen LogP contribution in [0.15, 0.2) is 30.6 Å². The van der Waals surface area contributed by atoms with Gasteiger partial charge in [0.05, 0.1) is 24.2 Å². The molecule has 7 heteroatoms. The Morgan fingerprint density at radius 2 is 2.07 bits per heavy atom. The molecule has 0 fully saturated rings. The average Bonchev–Trinajstić information content (AvgIpc) is 3.07. The van der Waals surface area contributed by atoms with Gasteiger partial charge in [-0.15, -0.1) is 0 Å². The molecule has 1 aromatic carbocycles. The summed E-state index contributed by atoms with van der Waals surface area (Å²) in [4.78, 5) is 16.4. The lowest BCUT2D eigenvalue weighted by molar-refractivity contribution is 0.0504. The second-order valence-electron chi connectivity index (χ2n) is 6.18. The number of pyridine rings is 1. The summed E-state index contributed by atoms with van der Waals surface area (Å²) in [6, 6.07) is 9.73. The van der Waals surface area contributed by atoms with Crippen molar-refractivity contribution >= 4 is 16.9 Å². The first-order valence-corrected chi connectivity index (χ1v) is 8.49. The fourth-order valence-corrected chi connectivity index (χ4v) is 2.79. The zero-order chi connectivity index (χ0) is 19.4. The smallest absolute Gasteiger partial charge is 0.342 e. The monoisotopic (exact) mass is 359 g/mol. The van der Waals surface area contributed by atoms with Crippen LogP contribution in [0.1, 0.15) is 46.1 Å². The summed E-state index contributed by atoms with van der Waals surface area (Å²) in [5.74, 6) is -0.560. The molecule has 2 heterocycles. The van der Waals surface area contributed by atoms with Crippen LogP contribution < -0.4 is 0 Å². The zero-order valence-electron chi connectivity index (χ0n) is 15.1. The number of ether oxygens (including phenoxy) is 1. The van der Waals surface area contributed by atoms with Gasteiger partial charge in [0.25, 0.3) is 0 Å². The Labute approximate surface area is 156 Å². The summed E-state index contributed by atoms with van der Waals surface area (Å²) >= 11 is 0. The molecule has 0 amide bonds. The summed E-state index contributed by atoms with van der Waals surface area (Å²) in [6.45, 7) is 4.43. The summed E-state index contributed by atoms with van der Waals surface area (Å²) in [5, 5.41) is 23.7. The molecule has 0 N–H and O–H groups in total. The maximum absolute atomic E-state index is 12.1. The summed E-state index contributed by atoms with van der Waals surface area (Å²) in [7, 11) is 0. The molecular formula is C20H17N5O2. The largest absolute Gasteiger partial charge is 0.462 e. The zero-order valence-corrected chi connectivity index (χ0v) is 15.1. The van der Waals surface area contributed by atoms with E-state index in [-0.39, 0.29) is 17.9 Å². The van der Waals surface area contributed by atoms with Gasteiger partial charge >= 0.3 is 5.97 Å². The Hall–Kier alpha value is -3.71. The quantitative estimate of drug-likeness (QED) is 0.648. The van der Waals surface area contributed by atoms with Gasteiger partial charge in [-0.3, -0.25) is 9.67 Å². The minimum Gasteiger partial charge on any atom is -0.462 e. The SMILES string of the molecule is CCCOC(=O)c1cn(Cc2cc(C#N)c3ncc(C)cc3c2)nc1C#N. The molecule has 0 unspecified atom stereocenters. The topological polar surface area (TPSA) is 105 Å². The van der Waals surface area contributed by atoms with Crippen LogP contribution in [0.2, 0.25) is 0 Å². The van der Waals surface area contributed by atoms with E-state index in [1.165, 1.54) is 10.9 Å². The first kappa shape index (κ1) is 18.1. The van der Waals surface area contributed by atoms with E-state index < -0.39 is 5.97 Å². The third-order valence-electron chi connectivity index (χ3n) is 3.97. The van der Waals surface area contributed by atoms with Crippen molar-refractivity contribution in [1.82, 2.24) is 14.8 Å². The normalized spacial score (nSPS) is 10.4. The minimum absolute atomic E-state index is 0.0231. The lowest BCUT2D eigenvalue weighted by Crippen LogP contribution is -2.06. The van der Waals surface area contributed by atoms with Gasteiger partial charge in [-0.2, -0.15) is 15.6 Å². The number of hydrogen-bond donors (Lipinski definition) is 0. The van der Waals surface area contributed by atoms with E-state index in [0.717, 1.165) is 16.5 Å². The van der Waals surface area contributed by atoms with Gasteiger partial charge in [-0.1, -0.05) is 6.92 Å². The number of hydrogen-bond acceptors (Lipinski definition) is 6. The molecule has 3 aromatic rings. The molecule has 0 aliphatic carbocycles. The van der Waals surface area contributed by atoms with Crippen LogP contribution in [-0.4, -0.2) is 27.3 Å². The first-order valence-electron chi connectivity index (χ1n) is 8.49. The summed E-state index contributed by atoms with van der Waals surface area (Å²) in [6.07, 6.45) is 3.92. The Balaban J connectivity index is 1.96. The Kier molecular flexibility index (Phi) is 5.14. The fourth-order valence-electron chi connectivity index (χ4n) is 2.79. The lowest BCUT2D eigenvalue weighted by Gasteiger charge is -2.06. The maximum atomic E-state index is 12.1. The molecule has 0 spiro atoms. The maximum Gasteiger partial charge on any atom is 0.342 e. The van der Waals surface area contributed by atoms with E-state index in [0.29, 0.717) is 24.0 Å². The van der Waals surface area contributed by atoms with E-state index in [4.69, 9.17) is 4.74 Å². The van der Waals surface area contributed by atoms with Crippen molar-refractivity contribution in [3.8, 4) is 12.1 Å². The van der Waals surface area contributed by atoms with Crippen molar-refractivity contribution in [3.63, 3.8) is 0 Å². The number of aryl methyl sites for hydroxylation is 1. The van der Waals surface area contributed by atoms with Crippen LogP contribution in [0.3, 0.4) is 0 Å². The van der Waals surface area contributed by atoms with Gasteiger partial charge in [-0.05, 0) is 42.7 Å². The van der Waals surface area contributed by atoms with Crippen LogP contribution in [0.25, 0.3) is 10.9 Å². The van der Waals surface area contributed by atoms with Crippen LogP contribution >= 0.6 is 0 Å². The molecule has 3 rings (SSSR count). The number of rotatable bonds is 5. The molecule has 27 heavy (non-hydrogen) atoms. The number of carbonyl (C=O) groups excluding carboxylic acids is 1. The third-order valence-corrected chi connectivity index (χ3v) is 3.97. The number of nitriles is 2. The van der Waals surface area contributed by atoms with Crippen LogP contribution in [-0.2, 0) is 11.3 Å². The van der Waals surface area contributed by atoms with Crippen LogP contribution in [0.5, 0.6) is 0 Å². The van der Waals surface area contributed by atoms with E-state index >= 15 is 0 Å². The van der Waals surface area contributed by atoms with Gasteiger partial charge in [0.15, 0.2) is 5.69 Å². The molecule has 0 saturated carbocycles. The number of nitrogens with zero attached hydrogens (tertiary/aromatic N) is 5. The standard InChI is InChI=1S/C20H17N5O2/c1-3-4-27-20(26)17-12-25(24-18(17)9-22)11-14-6-15-5-13(2)10-23-19(15)16(7-14)8-21/h5-7,10,12H,3-4,11H2,1-2H3. The van der Waals surface area contributed by atoms with Crippen molar-refractivity contribution in [3.05, 3.63) is 58.5 Å². The van der Waals surface area contributed by atoms with E-state index in [2.05, 4.69) is 16.2 Å². The Bertz CT molecular complexity index is 1100. The van der Waals surface area contributed by atoms with Crippen molar-refractivity contribution in [2.24, 2.45) is 0 Å². The van der Waals surface area contributed by atoms with Gasteiger partial charge in [-0.25, -0.2) is 4.79 Å². The lowest BCUT2D eigenvalue weighted by atomic mass is 10.0. The predicted molar refractivity (Wildman–Crippen MR) is 97.8 cm³/mol. The number of carbonyl (C=O) groups is 1. The molecule has 2 aromatic heterocycles. The highest BCUT2D eigenvalue weighted by atomic mass is 16.5. The van der Waals surface area contributed by atoms with Crippen LogP contribution in [0.4, 0.5) is 0 Å². The number of esters is 1. The van der Waals surface area contributed by atoms with Crippen molar-refractivity contribution in [2.45, 2.75) is 26.8 Å². The second-order valence-corrected chi connectivity index (χ2v) is 6.18. The van der Waals surface area contributed by atoms with E-state index in [1.54, 1.807) is 12.3 Å². The Morgan fingerprint density at radius 3 is 2.78 bits per heavy atom. The second kappa shape index (κ2) is 7.67. The highest BCUT2D eigenvalue weighted by Crippen LogP contribution is 2.21. The molecule has 0 aliphatic rings. The molecule has 0 saturated heterocycles. The van der Waals surface area contributed by atoms with Crippen molar-refractivity contribution < 1.29 is 9.53 Å². The van der Waals surface area contributed by atoms with Gasteiger partial charge in [0.2, 0.25) is 0 Å². The number of aromatic nitrogens is 3. The molecule has 134 valence electrons. The van der Waals surface area contributed by atoms with E-state index in [9.17, 15) is 15.3 Å². The molecule has 0 bridgehead atoms. The predicted octanol–water partition coefficient (Wildman–Crippen LogP) is 3.10. The molecule has 0 atom stereocenters. The average molecular weight is 359 g/mol. The fraction of sp³-hybridized carbons (Fsp3) is 0.250. The highest BCUT2D eigenvalue weighted by Gasteiger charge is 2.18. The third kappa shape index (κ3) is 3.78.